The maximum atomic E-state index is 14.0. The maximum Gasteiger partial charge on any atom is 0.417 e. The van der Waals surface area contributed by atoms with Crippen LogP contribution in [0.2, 0.25) is 0 Å². The van der Waals surface area contributed by atoms with Crippen LogP contribution in [0.15, 0.2) is 90.6 Å². The van der Waals surface area contributed by atoms with Gasteiger partial charge in [0.1, 0.15) is 30.0 Å². The van der Waals surface area contributed by atoms with Gasteiger partial charge in [-0.2, -0.15) is 18.4 Å². The van der Waals surface area contributed by atoms with Gasteiger partial charge in [-0.25, -0.2) is 4.98 Å². The van der Waals surface area contributed by atoms with E-state index in [9.17, 15) is 37.6 Å². The number of carbonyl (C=O) groups is 4. The van der Waals surface area contributed by atoms with Gasteiger partial charge >= 0.3 is 6.18 Å². The summed E-state index contributed by atoms with van der Waals surface area (Å²) in [6, 6.07) is 21.6. The fraction of sp³-hybridized carbons (Fsp3) is 0.373. The number of anilines is 2. The lowest BCUT2D eigenvalue weighted by molar-refractivity contribution is -0.144. The predicted octanol–water partition coefficient (Wildman–Crippen LogP) is 8.61. The quantitative estimate of drug-likeness (QED) is 0.0717. The molecule has 2 aliphatic rings. The molecule has 2 atom stereocenters. The number of carbonyl (C=O) groups excluding carboxylic acids is 4. The molecule has 2 saturated heterocycles. The molecule has 1 unspecified atom stereocenters. The van der Waals surface area contributed by atoms with Crippen molar-refractivity contribution in [2.24, 2.45) is 5.41 Å². The number of alkyl halides is 3. The Morgan fingerprint density at radius 2 is 1.66 bits per heavy atom. The van der Waals surface area contributed by atoms with E-state index in [1.165, 1.54) is 6.07 Å². The van der Waals surface area contributed by atoms with E-state index in [2.05, 4.69) is 20.6 Å². The number of ether oxygens (including phenoxy) is 2. The van der Waals surface area contributed by atoms with Crippen molar-refractivity contribution in [3.05, 3.63) is 113 Å². The van der Waals surface area contributed by atoms with Crippen LogP contribution >= 0.6 is 23.6 Å². The van der Waals surface area contributed by atoms with Crippen molar-refractivity contribution in [2.75, 3.05) is 36.2 Å². The van der Waals surface area contributed by atoms with Crippen LogP contribution in [0, 0.1) is 23.7 Å². The summed E-state index contributed by atoms with van der Waals surface area (Å²) in [4.78, 5) is 68.3. The average molecular weight is 995 g/mol. The van der Waals surface area contributed by atoms with Crippen LogP contribution in [-0.4, -0.2) is 87.6 Å². The van der Waals surface area contributed by atoms with E-state index in [-0.39, 0.29) is 54.8 Å². The molecule has 0 saturated carbocycles. The largest absolute Gasteiger partial charge is 0.490 e. The van der Waals surface area contributed by atoms with Gasteiger partial charge in [0.2, 0.25) is 17.7 Å². The maximum absolute atomic E-state index is 14.0. The topological polar surface area (TPSA) is 170 Å². The number of hydrogen-bond acceptors (Lipinski definition) is 11. The number of nitriles is 1. The number of aromatic nitrogens is 2. The minimum atomic E-state index is -4.81. The van der Waals surface area contributed by atoms with Crippen molar-refractivity contribution in [3.8, 4) is 33.5 Å². The highest BCUT2D eigenvalue weighted by Crippen LogP contribution is 2.40. The van der Waals surface area contributed by atoms with E-state index in [1.807, 2.05) is 57.5 Å². The molecule has 70 heavy (non-hydrogen) atoms. The summed E-state index contributed by atoms with van der Waals surface area (Å²) in [5.41, 5.74) is 2.99. The van der Waals surface area contributed by atoms with E-state index in [1.54, 1.807) is 83.6 Å². The molecule has 0 spiro atoms. The molecule has 0 aliphatic carbocycles. The van der Waals surface area contributed by atoms with Gasteiger partial charge in [-0.15, -0.1) is 11.3 Å². The predicted molar refractivity (Wildman–Crippen MR) is 264 cm³/mol. The zero-order chi connectivity index (χ0) is 50.5. The van der Waals surface area contributed by atoms with Gasteiger partial charge in [0.25, 0.3) is 5.91 Å². The van der Waals surface area contributed by atoms with E-state index in [0.29, 0.717) is 43.1 Å². The van der Waals surface area contributed by atoms with E-state index in [0.717, 1.165) is 44.3 Å². The number of hydrogen-bond donors (Lipinski definition) is 2. The molecule has 7 rings (SSSR count). The molecule has 5 aromatic rings. The lowest BCUT2D eigenvalue weighted by atomic mass is 9.85. The Bertz CT molecular complexity index is 2790. The summed E-state index contributed by atoms with van der Waals surface area (Å²) < 4.78 is 52.8. The molecule has 0 radical (unpaired) electrons. The Balaban J connectivity index is 0.852. The fourth-order valence-electron chi connectivity index (χ4n) is 8.37. The van der Waals surface area contributed by atoms with Crippen LogP contribution in [0.1, 0.15) is 76.3 Å². The second-order valence-corrected chi connectivity index (χ2v) is 19.8. The van der Waals surface area contributed by atoms with Crippen molar-refractivity contribution in [1.82, 2.24) is 25.5 Å². The van der Waals surface area contributed by atoms with Crippen molar-refractivity contribution in [3.63, 3.8) is 0 Å². The van der Waals surface area contributed by atoms with Crippen LogP contribution in [-0.2, 0) is 36.6 Å². The standard InChI is InChI=1S/C51H53F3N8O6S2/c1-31-43(70-30-58-31)34-11-9-32(10-12-34)28-57-45(64)41-8-7-22-60(41)46(65)44(49(2,3)4)59-42(63)21-23-67-24-25-68-38-19-20-40(56-29-38)33-13-16-36(17-14-33)62-48(69)61(47(66)50(62,5)6)37-18-15-35(27-55)39(26-37)51(52,53)54/h9-20,26,29-30,41,44H,7-8,21-25,28H2,1-6H3,(H,57,64)(H,59,63)/t41-,44?/m0/s1. The summed E-state index contributed by atoms with van der Waals surface area (Å²) >= 11 is 7.24. The molecule has 4 amide bonds. The van der Waals surface area contributed by atoms with Gasteiger partial charge in [-0.3, -0.25) is 29.1 Å². The zero-order valence-electron chi connectivity index (χ0n) is 39.6. The molecule has 4 heterocycles. The number of nitrogens with zero attached hydrogens (tertiary/aromatic N) is 6. The highest BCUT2D eigenvalue weighted by molar-refractivity contribution is 7.81. The Morgan fingerprint density at radius 1 is 0.957 bits per heavy atom. The van der Waals surface area contributed by atoms with Gasteiger partial charge in [0.05, 0.1) is 64.1 Å². The number of benzene rings is 3. The molecule has 366 valence electrons. The van der Waals surface area contributed by atoms with E-state index >= 15 is 0 Å². The molecule has 2 N–H and O–H groups in total. The lowest BCUT2D eigenvalue weighted by Gasteiger charge is -2.35. The summed E-state index contributed by atoms with van der Waals surface area (Å²) in [5, 5.41) is 15.1. The van der Waals surface area contributed by atoms with Crippen LogP contribution in [0.5, 0.6) is 5.75 Å². The SMILES string of the molecule is Cc1ncsc1-c1ccc(CNC(=O)[C@@H]2CCCN2C(=O)C(NC(=O)CCOCCOc2ccc(-c3ccc(N4C(=S)N(c5ccc(C#N)c(C(F)(F)F)c5)C(=O)C4(C)C)cc3)nc2)C(C)(C)C)cc1. The number of thiazole rings is 1. The van der Waals surface area contributed by atoms with Crippen LogP contribution in [0.25, 0.3) is 21.7 Å². The second-order valence-electron chi connectivity index (χ2n) is 18.5. The summed E-state index contributed by atoms with van der Waals surface area (Å²) in [7, 11) is 0. The van der Waals surface area contributed by atoms with Crippen molar-refractivity contribution >= 4 is 63.7 Å². The summed E-state index contributed by atoms with van der Waals surface area (Å²) in [5.74, 6) is -0.930. The highest BCUT2D eigenvalue weighted by atomic mass is 32.1. The number of amides is 4. The average Bonchev–Trinajstić information content (AvgIpc) is 4.04. The van der Waals surface area contributed by atoms with Crippen LogP contribution in [0.4, 0.5) is 24.5 Å². The molecule has 14 nitrogen and oxygen atoms in total. The number of nitrogens with one attached hydrogen (secondary N) is 2. The van der Waals surface area contributed by atoms with Gasteiger partial charge < -0.3 is 29.9 Å². The van der Waals surface area contributed by atoms with Gasteiger partial charge in [0, 0.05) is 30.8 Å². The molecular formula is C51H53F3N8O6S2. The Hall–Kier alpha value is -6.75. The number of thiocarbonyl (C=S) groups is 1. The van der Waals surface area contributed by atoms with Crippen molar-refractivity contribution in [1.29, 1.82) is 5.26 Å². The van der Waals surface area contributed by atoms with Crippen molar-refractivity contribution < 1.29 is 41.8 Å². The normalized spacial score (nSPS) is 16.3. The van der Waals surface area contributed by atoms with Gasteiger partial charge in [-0.1, -0.05) is 57.2 Å². The summed E-state index contributed by atoms with van der Waals surface area (Å²) in [6.07, 6.45) is -2.04. The third-order valence-electron chi connectivity index (χ3n) is 12.2. The minimum Gasteiger partial charge on any atom is -0.490 e. The molecule has 2 aliphatic heterocycles. The number of halogens is 3. The third kappa shape index (κ3) is 11.3. The number of aryl methyl sites for hydroxylation is 1. The smallest absolute Gasteiger partial charge is 0.417 e. The Labute approximate surface area is 413 Å². The molecule has 2 aromatic heterocycles. The molecule has 3 aromatic carbocycles. The first-order chi connectivity index (χ1) is 33.2. The van der Waals surface area contributed by atoms with Crippen molar-refractivity contribution in [2.45, 2.75) is 91.1 Å². The van der Waals surface area contributed by atoms with Crippen LogP contribution in [0.3, 0.4) is 0 Å². The minimum absolute atomic E-state index is 0.00963. The first kappa shape index (κ1) is 51.1. The van der Waals surface area contributed by atoms with E-state index in [4.69, 9.17) is 21.7 Å². The first-order valence-corrected chi connectivity index (χ1v) is 23.9. The lowest BCUT2D eigenvalue weighted by Crippen LogP contribution is -2.57. The number of rotatable bonds is 16. The second kappa shape index (κ2) is 21.1. The molecule has 0 bridgehead atoms. The zero-order valence-corrected chi connectivity index (χ0v) is 41.2. The van der Waals surface area contributed by atoms with Crippen LogP contribution < -0.4 is 25.2 Å². The molecular weight excluding hydrogens is 942 g/mol. The first-order valence-electron chi connectivity index (χ1n) is 22.6. The Morgan fingerprint density at radius 3 is 2.29 bits per heavy atom. The molecule has 19 heteroatoms. The number of pyridine rings is 1. The highest BCUT2D eigenvalue weighted by Gasteiger charge is 2.51. The number of likely N-dealkylation sites (tertiary alicyclic amines) is 1. The van der Waals surface area contributed by atoms with E-state index < -0.39 is 46.2 Å². The fourth-order valence-corrected chi connectivity index (χ4v) is 9.71. The monoisotopic (exact) mass is 994 g/mol. The molecule has 2 fully saturated rings. The van der Waals surface area contributed by atoms with Gasteiger partial charge in [0.15, 0.2) is 5.11 Å². The van der Waals surface area contributed by atoms with Gasteiger partial charge in [-0.05, 0) is 105 Å². The third-order valence-corrected chi connectivity index (χ3v) is 13.5. The summed E-state index contributed by atoms with van der Waals surface area (Å²) in [6.45, 7) is 12.0. The Kier molecular flexibility index (Phi) is 15.4.